The summed E-state index contributed by atoms with van der Waals surface area (Å²) in [7, 11) is 0. The van der Waals surface area contributed by atoms with Crippen LogP contribution in [0.15, 0.2) is 18.3 Å². The smallest absolute Gasteiger partial charge is 0.244 e. The number of carbonyl (C=O) groups is 2. The minimum Gasteiger partial charge on any atom is -0.374 e. The Morgan fingerprint density at radius 2 is 2.08 bits per heavy atom. The van der Waals surface area contributed by atoms with Crippen molar-refractivity contribution in [1.29, 1.82) is 0 Å². The van der Waals surface area contributed by atoms with Gasteiger partial charge in [0.15, 0.2) is 5.78 Å². The molecule has 7 heteroatoms. The van der Waals surface area contributed by atoms with Crippen LogP contribution in [0, 0.1) is 5.92 Å². The molecule has 0 aliphatic heterocycles. The van der Waals surface area contributed by atoms with E-state index in [1.807, 2.05) is 13.8 Å². The van der Waals surface area contributed by atoms with Gasteiger partial charge in [-0.1, -0.05) is 19.1 Å². The lowest BCUT2D eigenvalue weighted by molar-refractivity contribution is -0.117. The first-order valence-electron chi connectivity index (χ1n) is 8.17. The fraction of sp³-hybridized carbons (Fsp3) is 0.647. The maximum atomic E-state index is 11.5. The van der Waals surface area contributed by atoms with Gasteiger partial charge in [0.05, 0.1) is 24.9 Å². The Hall–Kier alpha value is -2.02. The van der Waals surface area contributed by atoms with Gasteiger partial charge in [-0.3, -0.25) is 9.59 Å². The summed E-state index contributed by atoms with van der Waals surface area (Å²) < 4.78 is 7.62. The molecule has 0 aromatic carbocycles. The second kappa shape index (κ2) is 9.32. The lowest BCUT2D eigenvalue weighted by Gasteiger charge is -2.25. The summed E-state index contributed by atoms with van der Waals surface area (Å²) in [6, 6.07) is 0. The van der Waals surface area contributed by atoms with Crippen LogP contribution in [0.2, 0.25) is 0 Å². The van der Waals surface area contributed by atoms with Gasteiger partial charge in [0, 0.05) is 12.7 Å². The van der Waals surface area contributed by atoms with Gasteiger partial charge in [0.1, 0.15) is 5.69 Å². The summed E-state index contributed by atoms with van der Waals surface area (Å²) in [5.41, 5.74) is 0.311. The predicted molar refractivity (Wildman–Crippen MR) is 91.2 cm³/mol. The maximum absolute atomic E-state index is 11.5. The largest absolute Gasteiger partial charge is 0.374 e. The van der Waals surface area contributed by atoms with Crippen LogP contribution in [-0.2, 0) is 27.4 Å². The Morgan fingerprint density at radius 3 is 2.71 bits per heavy atom. The topological polar surface area (TPSA) is 86.1 Å². The Labute approximate surface area is 143 Å². The Bertz CT molecular complexity index is 576. The molecule has 0 aliphatic rings. The molecular weight excluding hydrogens is 308 g/mol. The number of nitrogens with zero attached hydrogens (tertiary/aromatic N) is 3. The van der Waals surface area contributed by atoms with Crippen molar-refractivity contribution >= 4 is 11.7 Å². The van der Waals surface area contributed by atoms with E-state index in [0.717, 1.165) is 6.42 Å². The molecule has 0 spiro atoms. The number of aromatic nitrogens is 3. The molecular formula is C17H28N4O3. The van der Waals surface area contributed by atoms with E-state index in [1.165, 1.54) is 19.1 Å². The number of ether oxygens (including phenoxy) is 1. The molecule has 1 amide bonds. The average Bonchev–Trinajstić information content (AvgIpc) is 2.88. The van der Waals surface area contributed by atoms with E-state index in [4.69, 9.17) is 4.74 Å². The van der Waals surface area contributed by atoms with E-state index in [-0.39, 0.29) is 23.8 Å². The monoisotopic (exact) mass is 336 g/mol. The van der Waals surface area contributed by atoms with Gasteiger partial charge in [-0.2, -0.15) is 0 Å². The van der Waals surface area contributed by atoms with Crippen molar-refractivity contribution in [3.8, 4) is 0 Å². The Kier molecular flexibility index (Phi) is 7.78. The van der Waals surface area contributed by atoms with Crippen LogP contribution in [0.5, 0.6) is 0 Å². The molecule has 1 rings (SSSR count). The minimum absolute atomic E-state index is 0.171. The summed E-state index contributed by atoms with van der Waals surface area (Å²) in [6.45, 7) is 11.3. The molecule has 134 valence electrons. The molecule has 0 saturated carbocycles. The Balaban J connectivity index is 2.45. The molecule has 0 fully saturated rings. The third-order valence-corrected chi connectivity index (χ3v) is 3.23. The summed E-state index contributed by atoms with van der Waals surface area (Å²) in [5, 5.41) is 10.7. The highest BCUT2D eigenvalue weighted by atomic mass is 16.5. The van der Waals surface area contributed by atoms with Gasteiger partial charge in [-0.05, 0) is 39.2 Å². The standard InChI is InChI=1S/C17H28N4O3/c1-13(2)8-9-24-17(4,5)12-21-11-15(19-20-21)10-18-16(23)7-6-14(3)22/h6-7,11,13H,8-10,12H2,1-5H3,(H,18,23)/b7-6+. The SMILES string of the molecule is CC(=O)/C=C/C(=O)NCc1cn(CC(C)(C)OCCC(C)C)nn1. The van der Waals surface area contributed by atoms with E-state index < -0.39 is 0 Å². The predicted octanol–water partition coefficient (Wildman–Crippen LogP) is 1.88. The van der Waals surface area contributed by atoms with Gasteiger partial charge < -0.3 is 10.1 Å². The third-order valence-electron chi connectivity index (χ3n) is 3.23. The van der Waals surface area contributed by atoms with Crippen LogP contribution in [0.1, 0.15) is 46.7 Å². The fourth-order valence-corrected chi connectivity index (χ4v) is 1.93. The van der Waals surface area contributed by atoms with Gasteiger partial charge in [0.2, 0.25) is 5.91 Å². The molecule has 1 aromatic heterocycles. The van der Waals surface area contributed by atoms with Crippen molar-refractivity contribution in [1.82, 2.24) is 20.3 Å². The lowest BCUT2D eigenvalue weighted by atomic mass is 10.1. The van der Waals surface area contributed by atoms with Crippen LogP contribution in [-0.4, -0.2) is 38.9 Å². The van der Waals surface area contributed by atoms with E-state index in [1.54, 1.807) is 10.9 Å². The van der Waals surface area contributed by atoms with Gasteiger partial charge >= 0.3 is 0 Å². The summed E-state index contributed by atoms with van der Waals surface area (Å²) in [5.74, 6) is 0.104. The van der Waals surface area contributed by atoms with Crippen molar-refractivity contribution in [2.45, 2.75) is 59.7 Å². The molecule has 1 aromatic rings. The zero-order valence-corrected chi connectivity index (χ0v) is 15.2. The zero-order valence-electron chi connectivity index (χ0n) is 15.2. The normalized spacial score (nSPS) is 12.1. The lowest BCUT2D eigenvalue weighted by Crippen LogP contribution is -2.31. The molecule has 24 heavy (non-hydrogen) atoms. The van der Waals surface area contributed by atoms with Crippen LogP contribution in [0.3, 0.4) is 0 Å². The summed E-state index contributed by atoms with van der Waals surface area (Å²) >= 11 is 0. The van der Waals surface area contributed by atoms with E-state index in [2.05, 4.69) is 29.5 Å². The maximum Gasteiger partial charge on any atom is 0.244 e. The van der Waals surface area contributed by atoms with Gasteiger partial charge in [0.25, 0.3) is 0 Å². The number of carbonyl (C=O) groups excluding carboxylic acids is 2. The first-order chi connectivity index (χ1) is 11.2. The van der Waals surface area contributed by atoms with Crippen LogP contribution in [0.4, 0.5) is 0 Å². The second-order valence-corrected chi connectivity index (χ2v) is 6.86. The van der Waals surface area contributed by atoms with E-state index >= 15 is 0 Å². The highest BCUT2D eigenvalue weighted by Crippen LogP contribution is 2.14. The minimum atomic E-state index is -0.340. The van der Waals surface area contributed by atoms with E-state index in [9.17, 15) is 9.59 Å². The van der Waals surface area contributed by atoms with Crippen LogP contribution in [0.25, 0.3) is 0 Å². The zero-order chi connectivity index (χ0) is 18.2. The molecule has 7 nitrogen and oxygen atoms in total. The average molecular weight is 336 g/mol. The van der Waals surface area contributed by atoms with Crippen molar-refractivity contribution in [2.24, 2.45) is 5.92 Å². The Morgan fingerprint density at radius 1 is 1.38 bits per heavy atom. The number of ketones is 1. The third kappa shape index (κ3) is 8.57. The number of allylic oxidation sites excluding steroid dienone is 1. The molecule has 0 unspecified atom stereocenters. The molecule has 0 saturated heterocycles. The summed E-state index contributed by atoms with van der Waals surface area (Å²) in [6.07, 6.45) is 5.23. The number of hydrogen-bond acceptors (Lipinski definition) is 5. The highest BCUT2D eigenvalue weighted by Gasteiger charge is 2.20. The molecule has 1 N–H and O–H groups in total. The highest BCUT2D eigenvalue weighted by molar-refractivity contribution is 5.96. The second-order valence-electron chi connectivity index (χ2n) is 6.86. The first kappa shape index (κ1) is 20.0. The van der Waals surface area contributed by atoms with Crippen LogP contribution < -0.4 is 5.32 Å². The molecule has 0 radical (unpaired) electrons. The van der Waals surface area contributed by atoms with E-state index in [0.29, 0.717) is 24.8 Å². The summed E-state index contributed by atoms with van der Waals surface area (Å²) in [4.78, 5) is 22.3. The number of rotatable bonds is 10. The quantitative estimate of drug-likeness (QED) is 0.659. The van der Waals surface area contributed by atoms with Gasteiger partial charge in [-0.25, -0.2) is 4.68 Å². The molecule has 0 bridgehead atoms. The molecule has 1 heterocycles. The van der Waals surface area contributed by atoms with Gasteiger partial charge in [-0.15, -0.1) is 5.10 Å². The molecule has 0 atom stereocenters. The van der Waals surface area contributed by atoms with Crippen molar-refractivity contribution in [2.75, 3.05) is 6.61 Å². The molecule has 0 aliphatic carbocycles. The number of nitrogens with one attached hydrogen (secondary N) is 1. The first-order valence-corrected chi connectivity index (χ1v) is 8.17. The van der Waals surface area contributed by atoms with Crippen molar-refractivity contribution in [3.05, 3.63) is 24.0 Å². The van der Waals surface area contributed by atoms with Crippen molar-refractivity contribution in [3.63, 3.8) is 0 Å². The number of amides is 1. The van der Waals surface area contributed by atoms with Crippen molar-refractivity contribution < 1.29 is 14.3 Å². The van der Waals surface area contributed by atoms with Crippen LogP contribution >= 0.6 is 0 Å². The number of hydrogen-bond donors (Lipinski definition) is 1. The fourth-order valence-electron chi connectivity index (χ4n) is 1.93.